The van der Waals surface area contributed by atoms with Gasteiger partial charge in [0.15, 0.2) is 6.29 Å². The lowest BCUT2D eigenvalue weighted by Crippen LogP contribution is -2.39. The van der Waals surface area contributed by atoms with Crippen LogP contribution in [-0.4, -0.2) is 47.8 Å². The minimum atomic E-state index is -3.97. The van der Waals surface area contributed by atoms with Gasteiger partial charge in [-0.3, -0.25) is 4.55 Å². The topological polar surface area (TPSA) is 107 Å². The summed E-state index contributed by atoms with van der Waals surface area (Å²) in [6, 6.07) is -0.619. The minimum absolute atomic E-state index is 0.0162. The van der Waals surface area contributed by atoms with E-state index in [1.807, 2.05) is 0 Å². The number of rotatable bonds is 5. The first-order valence-corrected chi connectivity index (χ1v) is 4.98. The first-order valence-electron chi connectivity index (χ1n) is 3.37. The van der Waals surface area contributed by atoms with Gasteiger partial charge < -0.3 is 15.5 Å². The summed E-state index contributed by atoms with van der Waals surface area (Å²) >= 11 is 0. The lowest BCUT2D eigenvalue weighted by Gasteiger charge is -2.14. The molecular formula is C5H13NO5S. The third kappa shape index (κ3) is 6.50. The van der Waals surface area contributed by atoms with Crippen molar-refractivity contribution in [3.05, 3.63) is 0 Å². The van der Waals surface area contributed by atoms with Crippen LogP contribution >= 0.6 is 0 Å². The molecule has 0 aliphatic heterocycles. The molecule has 0 amide bonds. The standard InChI is InChI=1S/C5H13NO5S/c1-4(5(7)8)6-2-3-12(9,10)11/h4-8H,2-3H2,1H3,(H,9,10,11)/t4-/m0/s1. The Labute approximate surface area is 71.0 Å². The molecule has 0 fully saturated rings. The van der Waals surface area contributed by atoms with E-state index in [2.05, 4.69) is 5.32 Å². The molecule has 0 bridgehead atoms. The van der Waals surface area contributed by atoms with Crippen molar-refractivity contribution in [2.45, 2.75) is 19.3 Å². The Balaban J connectivity index is 3.58. The molecule has 0 saturated heterocycles. The SMILES string of the molecule is C[C@H](NCCS(=O)(=O)O)C(O)O. The van der Waals surface area contributed by atoms with Gasteiger partial charge in [0.1, 0.15) is 0 Å². The van der Waals surface area contributed by atoms with Crippen LogP contribution in [0.15, 0.2) is 0 Å². The van der Waals surface area contributed by atoms with Crippen molar-refractivity contribution in [3.63, 3.8) is 0 Å². The summed E-state index contributed by atoms with van der Waals surface area (Å²) in [5, 5.41) is 19.6. The highest BCUT2D eigenvalue weighted by atomic mass is 32.2. The summed E-state index contributed by atoms with van der Waals surface area (Å²) in [6.45, 7) is 1.46. The van der Waals surface area contributed by atoms with E-state index < -0.39 is 28.2 Å². The van der Waals surface area contributed by atoms with E-state index in [1.54, 1.807) is 0 Å². The van der Waals surface area contributed by atoms with Crippen LogP contribution in [0.5, 0.6) is 0 Å². The predicted molar refractivity (Wildman–Crippen MR) is 42.1 cm³/mol. The van der Waals surface area contributed by atoms with E-state index >= 15 is 0 Å². The zero-order chi connectivity index (χ0) is 9.78. The lowest BCUT2D eigenvalue weighted by atomic mass is 10.3. The Kier molecular flexibility index (Phi) is 4.64. The molecule has 4 N–H and O–H groups in total. The molecule has 1 atom stereocenters. The van der Waals surface area contributed by atoms with Crippen LogP contribution in [0.4, 0.5) is 0 Å². The molecule has 0 aromatic carbocycles. The highest BCUT2D eigenvalue weighted by Crippen LogP contribution is 1.87. The van der Waals surface area contributed by atoms with Gasteiger partial charge in [-0.15, -0.1) is 0 Å². The third-order valence-corrected chi connectivity index (χ3v) is 1.99. The smallest absolute Gasteiger partial charge is 0.266 e. The molecule has 7 heteroatoms. The zero-order valence-corrected chi connectivity index (χ0v) is 7.45. The Bertz CT molecular complexity index is 212. The minimum Gasteiger partial charge on any atom is -0.367 e. The summed E-state index contributed by atoms with van der Waals surface area (Å²) < 4.78 is 28.6. The summed E-state index contributed by atoms with van der Waals surface area (Å²) in [6.07, 6.45) is -1.54. The number of hydrogen-bond acceptors (Lipinski definition) is 5. The Morgan fingerprint density at radius 2 is 1.92 bits per heavy atom. The molecule has 6 nitrogen and oxygen atoms in total. The van der Waals surface area contributed by atoms with Gasteiger partial charge in [-0.05, 0) is 6.92 Å². The second-order valence-electron chi connectivity index (χ2n) is 2.44. The Morgan fingerprint density at radius 3 is 2.25 bits per heavy atom. The van der Waals surface area contributed by atoms with E-state index in [4.69, 9.17) is 14.8 Å². The molecule has 0 aliphatic carbocycles. The van der Waals surface area contributed by atoms with E-state index in [0.29, 0.717) is 0 Å². The molecular weight excluding hydrogens is 186 g/mol. The average molecular weight is 199 g/mol. The van der Waals surface area contributed by atoms with Crippen molar-refractivity contribution in [2.24, 2.45) is 0 Å². The van der Waals surface area contributed by atoms with Gasteiger partial charge in [-0.2, -0.15) is 8.42 Å². The first kappa shape index (κ1) is 11.8. The van der Waals surface area contributed by atoms with E-state index in [1.165, 1.54) is 6.92 Å². The average Bonchev–Trinajstić information content (AvgIpc) is 1.84. The second kappa shape index (κ2) is 4.73. The van der Waals surface area contributed by atoms with Gasteiger partial charge in [0.25, 0.3) is 10.1 Å². The molecule has 0 aromatic rings. The normalized spacial score (nSPS) is 15.1. The van der Waals surface area contributed by atoms with Crippen LogP contribution in [0.2, 0.25) is 0 Å². The van der Waals surface area contributed by atoms with Gasteiger partial charge >= 0.3 is 0 Å². The highest BCUT2D eigenvalue weighted by molar-refractivity contribution is 7.85. The van der Waals surface area contributed by atoms with Crippen molar-refractivity contribution in [2.75, 3.05) is 12.3 Å². The maximum atomic E-state index is 10.2. The summed E-state index contributed by atoms with van der Waals surface area (Å²) in [4.78, 5) is 0. The number of aliphatic hydroxyl groups is 2. The molecule has 0 rings (SSSR count). The maximum absolute atomic E-state index is 10.2. The highest BCUT2D eigenvalue weighted by Gasteiger charge is 2.10. The van der Waals surface area contributed by atoms with Crippen LogP contribution < -0.4 is 5.32 Å². The molecule has 0 aromatic heterocycles. The van der Waals surface area contributed by atoms with Crippen LogP contribution in [0, 0.1) is 0 Å². The van der Waals surface area contributed by atoms with Gasteiger partial charge in [-0.25, -0.2) is 0 Å². The molecule has 0 unspecified atom stereocenters. The van der Waals surface area contributed by atoms with E-state index in [9.17, 15) is 8.42 Å². The van der Waals surface area contributed by atoms with Gasteiger partial charge in [0, 0.05) is 6.54 Å². The predicted octanol–water partition coefficient (Wildman–Crippen LogP) is -1.84. The molecule has 0 heterocycles. The fourth-order valence-corrected chi connectivity index (χ4v) is 0.897. The van der Waals surface area contributed by atoms with Gasteiger partial charge in [0.2, 0.25) is 0 Å². The molecule has 0 spiro atoms. The fourth-order valence-electron chi connectivity index (χ4n) is 0.521. The van der Waals surface area contributed by atoms with E-state index in [-0.39, 0.29) is 6.54 Å². The molecule has 12 heavy (non-hydrogen) atoms. The summed E-state index contributed by atoms with van der Waals surface area (Å²) in [7, 11) is -3.97. The largest absolute Gasteiger partial charge is 0.367 e. The fraction of sp³-hybridized carbons (Fsp3) is 1.00. The van der Waals surface area contributed by atoms with Crippen LogP contribution in [0.3, 0.4) is 0 Å². The second-order valence-corrected chi connectivity index (χ2v) is 4.01. The van der Waals surface area contributed by atoms with Crippen molar-refractivity contribution in [1.29, 1.82) is 0 Å². The van der Waals surface area contributed by atoms with Gasteiger partial charge in [-0.1, -0.05) is 0 Å². The number of hydrogen-bond donors (Lipinski definition) is 4. The quantitative estimate of drug-likeness (QED) is 0.306. The molecule has 0 radical (unpaired) electrons. The lowest BCUT2D eigenvalue weighted by molar-refractivity contribution is -0.0620. The van der Waals surface area contributed by atoms with Crippen molar-refractivity contribution in [3.8, 4) is 0 Å². The number of aliphatic hydroxyl groups excluding tert-OH is 1. The maximum Gasteiger partial charge on any atom is 0.266 e. The van der Waals surface area contributed by atoms with Crippen molar-refractivity contribution in [1.82, 2.24) is 5.32 Å². The zero-order valence-electron chi connectivity index (χ0n) is 6.64. The Hall–Kier alpha value is -0.210. The number of nitrogens with one attached hydrogen (secondary N) is 1. The molecule has 0 aliphatic rings. The first-order chi connectivity index (χ1) is 5.33. The van der Waals surface area contributed by atoms with Crippen LogP contribution in [-0.2, 0) is 10.1 Å². The van der Waals surface area contributed by atoms with Crippen LogP contribution in [0.25, 0.3) is 0 Å². The summed E-state index contributed by atoms with van der Waals surface area (Å²) in [5.74, 6) is -0.440. The van der Waals surface area contributed by atoms with Crippen molar-refractivity contribution < 1.29 is 23.2 Å². The van der Waals surface area contributed by atoms with E-state index in [0.717, 1.165) is 0 Å². The van der Waals surface area contributed by atoms with Gasteiger partial charge in [0.05, 0.1) is 11.8 Å². The Morgan fingerprint density at radius 1 is 1.42 bits per heavy atom. The monoisotopic (exact) mass is 199 g/mol. The van der Waals surface area contributed by atoms with Crippen LogP contribution in [0.1, 0.15) is 6.92 Å². The summed E-state index contributed by atoms with van der Waals surface area (Å²) in [5.41, 5.74) is 0. The van der Waals surface area contributed by atoms with Crippen molar-refractivity contribution >= 4 is 10.1 Å². The molecule has 0 saturated carbocycles. The molecule has 74 valence electrons. The third-order valence-electron chi connectivity index (χ3n) is 1.27.